The van der Waals surface area contributed by atoms with E-state index in [2.05, 4.69) is 18.3 Å². The van der Waals surface area contributed by atoms with Gasteiger partial charge in [0.25, 0.3) is 0 Å². The minimum Gasteiger partial charge on any atom is -0.457 e. The lowest BCUT2D eigenvalue weighted by atomic mass is 9.79. The van der Waals surface area contributed by atoms with Gasteiger partial charge in [-0.25, -0.2) is 4.79 Å². The fraction of sp³-hybridized carbons (Fsp3) is 0.500. The zero-order valence-corrected chi connectivity index (χ0v) is 16.6. The molecule has 0 saturated carbocycles. The maximum Gasteiger partial charge on any atom is 0.354 e. The van der Waals surface area contributed by atoms with Gasteiger partial charge in [-0.15, -0.1) is 0 Å². The van der Waals surface area contributed by atoms with Gasteiger partial charge < -0.3 is 14.7 Å². The lowest BCUT2D eigenvalue weighted by Gasteiger charge is -2.48. The van der Waals surface area contributed by atoms with Gasteiger partial charge in [-0.2, -0.15) is 5.10 Å². The van der Waals surface area contributed by atoms with E-state index in [9.17, 15) is 19.5 Å². The van der Waals surface area contributed by atoms with Crippen molar-refractivity contribution in [1.29, 1.82) is 0 Å². The van der Waals surface area contributed by atoms with Crippen molar-refractivity contribution in [1.82, 2.24) is 14.7 Å². The number of β-lactam (4-membered cyclic amide) rings is 1. The number of hydrogen-bond donors (Lipinski definition) is 1. The van der Waals surface area contributed by atoms with Crippen LogP contribution in [0.25, 0.3) is 0 Å². The second kappa shape index (κ2) is 8.97. The van der Waals surface area contributed by atoms with Crippen molar-refractivity contribution >= 4 is 17.7 Å². The molecule has 0 aliphatic carbocycles. The highest BCUT2D eigenvalue weighted by molar-refractivity contribution is 6.01. The van der Waals surface area contributed by atoms with Crippen LogP contribution in [0.5, 0.6) is 0 Å². The fourth-order valence-corrected chi connectivity index (χ4v) is 3.34. The number of carbonyl (C=O) groups is 3. The third kappa shape index (κ3) is 4.22. The van der Waals surface area contributed by atoms with E-state index in [1.54, 1.807) is 10.7 Å². The summed E-state index contributed by atoms with van der Waals surface area (Å²) in [7, 11) is 0. The molecule has 3 atom stereocenters. The third-order valence-corrected chi connectivity index (χ3v) is 4.74. The Bertz CT molecular complexity index is 796. The van der Waals surface area contributed by atoms with Gasteiger partial charge in [-0.1, -0.05) is 26.2 Å². The molecule has 1 N–H and O–H groups in total. The average Bonchev–Trinajstić information content (AvgIpc) is 2.99. The molecule has 8 nitrogen and oxygen atoms in total. The second-order valence-corrected chi connectivity index (χ2v) is 6.90. The molecule has 1 aliphatic rings. The Morgan fingerprint density at radius 3 is 2.71 bits per heavy atom. The number of aryl methyl sites for hydroxylation is 2. The molecule has 1 aliphatic heterocycles. The number of aliphatic hydroxyl groups excluding tert-OH is 1. The molecule has 2 heterocycles. The number of likely N-dealkylation sites (tertiary alicyclic amines) is 1. The maximum absolute atomic E-state index is 12.7. The number of aromatic nitrogens is 2. The van der Waals surface area contributed by atoms with Gasteiger partial charge in [0.05, 0.1) is 18.1 Å². The summed E-state index contributed by atoms with van der Waals surface area (Å²) in [5.41, 5.74) is 1.01. The first-order valence-electron chi connectivity index (χ1n) is 9.28. The molecule has 1 aromatic rings. The summed E-state index contributed by atoms with van der Waals surface area (Å²) in [4.78, 5) is 38.4. The number of ketones is 1. The van der Waals surface area contributed by atoms with Crippen LogP contribution in [0, 0.1) is 12.8 Å². The van der Waals surface area contributed by atoms with Gasteiger partial charge in [-0.3, -0.25) is 14.3 Å². The van der Waals surface area contributed by atoms with Crippen LogP contribution >= 0.6 is 0 Å². The average molecular weight is 389 g/mol. The first kappa shape index (κ1) is 21.6. The van der Waals surface area contributed by atoms with E-state index >= 15 is 0 Å². The molecule has 2 rings (SSSR count). The van der Waals surface area contributed by atoms with E-state index in [-0.39, 0.29) is 24.5 Å². The highest BCUT2D eigenvalue weighted by Gasteiger charge is 2.52. The summed E-state index contributed by atoms with van der Waals surface area (Å²) in [5.74, 6) is -2.27. The highest BCUT2D eigenvalue weighted by atomic mass is 16.5. The SMILES string of the molecule is C=CCOC(=O)C(=C)N1C(=O)C(C(C)O)C1CC(=O)c1cc(C)n(CCC)n1. The molecule has 1 saturated heterocycles. The van der Waals surface area contributed by atoms with Crippen molar-refractivity contribution in [3.63, 3.8) is 0 Å². The Hall–Kier alpha value is -2.74. The highest BCUT2D eigenvalue weighted by Crippen LogP contribution is 2.36. The number of ether oxygens (including phenoxy) is 1. The molecule has 0 radical (unpaired) electrons. The maximum atomic E-state index is 12.7. The van der Waals surface area contributed by atoms with Crippen molar-refractivity contribution in [2.45, 2.75) is 52.3 Å². The lowest BCUT2D eigenvalue weighted by Crippen LogP contribution is -2.64. The topological polar surface area (TPSA) is 102 Å². The van der Waals surface area contributed by atoms with Gasteiger partial charge in [-0.05, 0) is 26.3 Å². The van der Waals surface area contributed by atoms with Crippen LogP contribution in [-0.2, 0) is 20.9 Å². The Morgan fingerprint density at radius 2 is 2.14 bits per heavy atom. The third-order valence-electron chi connectivity index (χ3n) is 4.74. The second-order valence-electron chi connectivity index (χ2n) is 6.90. The van der Waals surface area contributed by atoms with Crippen LogP contribution in [0.2, 0.25) is 0 Å². The van der Waals surface area contributed by atoms with E-state index in [4.69, 9.17) is 4.74 Å². The largest absolute Gasteiger partial charge is 0.457 e. The molecular weight excluding hydrogens is 362 g/mol. The molecule has 0 spiro atoms. The minimum absolute atomic E-state index is 0.0164. The normalized spacial score (nSPS) is 19.7. The van der Waals surface area contributed by atoms with Crippen LogP contribution in [0.3, 0.4) is 0 Å². The number of carbonyl (C=O) groups excluding carboxylic acids is 3. The Labute approximate surface area is 164 Å². The van der Waals surface area contributed by atoms with E-state index in [0.29, 0.717) is 12.2 Å². The summed E-state index contributed by atoms with van der Waals surface area (Å²) in [5, 5.41) is 14.3. The predicted octanol–water partition coefficient (Wildman–Crippen LogP) is 1.63. The number of amides is 1. The lowest BCUT2D eigenvalue weighted by molar-refractivity contribution is -0.164. The summed E-state index contributed by atoms with van der Waals surface area (Å²) >= 11 is 0. The monoisotopic (exact) mass is 389 g/mol. The van der Waals surface area contributed by atoms with Gasteiger partial charge in [0.15, 0.2) is 5.78 Å². The molecule has 0 aromatic carbocycles. The number of Topliss-reactive ketones (excluding diaryl/α,β-unsaturated/α-hetero) is 1. The molecule has 8 heteroatoms. The molecule has 152 valence electrons. The summed E-state index contributed by atoms with van der Waals surface area (Å²) < 4.78 is 6.68. The van der Waals surface area contributed by atoms with Crippen LogP contribution < -0.4 is 0 Å². The smallest absolute Gasteiger partial charge is 0.354 e. The minimum atomic E-state index is -0.960. The Kier molecular flexibility index (Phi) is 6.90. The summed E-state index contributed by atoms with van der Waals surface area (Å²) in [6, 6.07) is 1.02. The van der Waals surface area contributed by atoms with Crippen LogP contribution in [0.1, 0.15) is 42.9 Å². The Balaban J connectivity index is 2.18. The van der Waals surface area contributed by atoms with Crippen molar-refractivity contribution < 1.29 is 24.2 Å². The molecule has 0 bridgehead atoms. The first-order valence-corrected chi connectivity index (χ1v) is 9.28. The predicted molar refractivity (Wildman–Crippen MR) is 102 cm³/mol. The number of hydrogen-bond acceptors (Lipinski definition) is 6. The molecule has 28 heavy (non-hydrogen) atoms. The van der Waals surface area contributed by atoms with Crippen LogP contribution in [0.15, 0.2) is 31.0 Å². The standard InChI is InChI=1S/C20H27N3O5/c1-6-8-22-12(3)10-15(21-22)17(25)11-16-18(14(5)24)19(26)23(16)13(4)20(27)28-9-7-2/h7,10,14,16,18,24H,2,4,6,8-9,11H2,1,3,5H3. The molecule has 1 amide bonds. The number of nitrogens with zero attached hydrogens (tertiary/aromatic N) is 3. The van der Waals surface area contributed by atoms with Crippen LogP contribution in [-0.4, -0.2) is 56.2 Å². The van der Waals surface area contributed by atoms with E-state index in [1.807, 2.05) is 13.8 Å². The van der Waals surface area contributed by atoms with E-state index in [0.717, 1.165) is 17.0 Å². The summed E-state index contributed by atoms with van der Waals surface area (Å²) in [6.07, 6.45) is 1.26. The van der Waals surface area contributed by atoms with Crippen molar-refractivity contribution in [2.75, 3.05) is 6.61 Å². The fourth-order valence-electron chi connectivity index (χ4n) is 3.34. The number of aliphatic hydroxyl groups is 1. The van der Waals surface area contributed by atoms with Gasteiger partial charge in [0, 0.05) is 18.7 Å². The van der Waals surface area contributed by atoms with Crippen molar-refractivity contribution in [3.05, 3.63) is 42.4 Å². The van der Waals surface area contributed by atoms with Crippen LogP contribution in [0.4, 0.5) is 0 Å². The summed E-state index contributed by atoms with van der Waals surface area (Å²) in [6.45, 7) is 13.1. The van der Waals surface area contributed by atoms with E-state index < -0.39 is 29.9 Å². The zero-order valence-electron chi connectivity index (χ0n) is 16.6. The Morgan fingerprint density at radius 1 is 1.46 bits per heavy atom. The first-order chi connectivity index (χ1) is 13.2. The van der Waals surface area contributed by atoms with Gasteiger partial charge >= 0.3 is 5.97 Å². The van der Waals surface area contributed by atoms with Gasteiger partial charge in [0.1, 0.15) is 18.0 Å². The zero-order chi connectivity index (χ0) is 21.0. The molecule has 3 unspecified atom stereocenters. The number of esters is 1. The quantitative estimate of drug-likeness (QED) is 0.215. The van der Waals surface area contributed by atoms with Crippen molar-refractivity contribution in [2.24, 2.45) is 5.92 Å². The van der Waals surface area contributed by atoms with E-state index in [1.165, 1.54) is 13.0 Å². The number of rotatable bonds is 10. The molecular formula is C20H27N3O5. The van der Waals surface area contributed by atoms with Gasteiger partial charge in [0.2, 0.25) is 5.91 Å². The molecule has 1 aromatic heterocycles. The van der Waals surface area contributed by atoms with Crippen molar-refractivity contribution in [3.8, 4) is 0 Å². The molecule has 1 fully saturated rings.